The average Bonchev–Trinajstić information content (AvgIpc) is 2.72. The van der Waals surface area contributed by atoms with E-state index in [0.717, 1.165) is 12.0 Å². The van der Waals surface area contributed by atoms with Crippen LogP contribution < -0.4 is 0 Å². The molecule has 2 aromatic heterocycles. The Bertz CT molecular complexity index is 474. The van der Waals surface area contributed by atoms with Crippen LogP contribution in [0.1, 0.15) is 14.5 Å². The lowest BCUT2D eigenvalue weighted by molar-refractivity contribution is 0.104. The molecule has 0 saturated heterocycles. The highest BCUT2D eigenvalue weighted by Gasteiger charge is 2.17. The standard InChI is InChI=1S/C9H2Br3ClOS2/c10-3-1-5(15-8(3)11)7(14)6-2-4(13)9(12)16-6/h1-2H. The molecule has 0 atom stereocenters. The molecule has 1 nitrogen and oxygen atoms in total. The molecular formula is C9H2Br3ClOS2. The van der Waals surface area contributed by atoms with E-state index in [4.69, 9.17) is 11.6 Å². The van der Waals surface area contributed by atoms with Crippen LogP contribution in [0, 0.1) is 0 Å². The molecule has 2 rings (SSSR count). The van der Waals surface area contributed by atoms with Gasteiger partial charge in [0.15, 0.2) is 0 Å². The zero-order valence-corrected chi connectivity index (χ0v) is 14.5. The lowest BCUT2D eigenvalue weighted by atomic mass is 10.3. The van der Waals surface area contributed by atoms with Gasteiger partial charge in [-0.1, -0.05) is 11.6 Å². The van der Waals surface area contributed by atoms with E-state index >= 15 is 0 Å². The third-order valence-corrected chi connectivity index (χ3v) is 7.47. The zero-order valence-electron chi connectivity index (χ0n) is 7.39. The van der Waals surface area contributed by atoms with E-state index in [1.807, 2.05) is 0 Å². The molecule has 0 fully saturated rings. The van der Waals surface area contributed by atoms with Gasteiger partial charge in [0.25, 0.3) is 0 Å². The van der Waals surface area contributed by atoms with E-state index in [2.05, 4.69) is 47.8 Å². The molecule has 0 bridgehead atoms. The summed E-state index contributed by atoms with van der Waals surface area (Å²) in [6.45, 7) is 0. The minimum Gasteiger partial charge on any atom is -0.287 e. The summed E-state index contributed by atoms with van der Waals surface area (Å²) in [5.41, 5.74) is 0. The van der Waals surface area contributed by atoms with Gasteiger partial charge in [0.05, 0.1) is 22.3 Å². The molecule has 0 aliphatic carbocycles. The predicted octanol–water partition coefficient (Wildman–Crippen LogP) is 5.98. The van der Waals surface area contributed by atoms with Crippen LogP contribution in [0.2, 0.25) is 5.02 Å². The van der Waals surface area contributed by atoms with Crippen LogP contribution in [0.3, 0.4) is 0 Å². The molecule has 7 heteroatoms. The Morgan fingerprint density at radius 2 is 1.62 bits per heavy atom. The van der Waals surface area contributed by atoms with Crippen LogP contribution in [0.4, 0.5) is 0 Å². The van der Waals surface area contributed by atoms with Crippen LogP contribution in [0.5, 0.6) is 0 Å². The molecule has 0 amide bonds. The summed E-state index contributed by atoms with van der Waals surface area (Å²) < 4.78 is 2.59. The van der Waals surface area contributed by atoms with Crippen molar-refractivity contribution in [2.45, 2.75) is 0 Å². The quantitative estimate of drug-likeness (QED) is 0.499. The van der Waals surface area contributed by atoms with Crippen LogP contribution >= 0.6 is 82.1 Å². The molecule has 0 spiro atoms. The van der Waals surface area contributed by atoms with Gasteiger partial charge >= 0.3 is 0 Å². The molecular weight excluding hydrogens is 463 g/mol. The fourth-order valence-electron chi connectivity index (χ4n) is 1.04. The molecule has 0 aliphatic heterocycles. The van der Waals surface area contributed by atoms with Crippen molar-refractivity contribution in [3.8, 4) is 0 Å². The second-order valence-corrected chi connectivity index (χ2v) is 8.80. The van der Waals surface area contributed by atoms with Crippen molar-refractivity contribution in [2.24, 2.45) is 0 Å². The maximum Gasteiger partial charge on any atom is 0.213 e. The first-order chi connectivity index (χ1) is 7.49. The molecule has 0 aliphatic rings. The fourth-order valence-corrected chi connectivity index (χ4v) is 4.75. The normalized spacial score (nSPS) is 10.8. The summed E-state index contributed by atoms with van der Waals surface area (Å²) in [5, 5.41) is 0.572. The molecule has 16 heavy (non-hydrogen) atoms. The number of hydrogen-bond acceptors (Lipinski definition) is 3. The first-order valence-electron chi connectivity index (χ1n) is 3.93. The second-order valence-electron chi connectivity index (χ2n) is 2.79. The molecule has 0 aromatic carbocycles. The highest BCUT2D eigenvalue weighted by atomic mass is 79.9. The Morgan fingerprint density at radius 3 is 2.06 bits per heavy atom. The summed E-state index contributed by atoms with van der Waals surface area (Å²) in [5.74, 6) is -0.00556. The van der Waals surface area contributed by atoms with Crippen molar-refractivity contribution in [3.63, 3.8) is 0 Å². The van der Waals surface area contributed by atoms with Crippen LogP contribution in [0.25, 0.3) is 0 Å². The van der Waals surface area contributed by atoms with E-state index in [1.54, 1.807) is 12.1 Å². The summed E-state index contributed by atoms with van der Waals surface area (Å²) in [7, 11) is 0. The first kappa shape index (κ1) is 13.2. The lowest BCUT2D eigenvalue weighted by Crippen LogP contribution is -1.93. The number of carbonyl (C=O) groups excluding carboxylic acids is 1. The number of halogens is 4. The maximum absolute atomic E-state index is 12.1. The van der Waals surface area contributed by atoms with Crippen molar-refractivity contribution in [2.75, 3.05) is 0 Å². The van der Waals surface area contributed by atoms with Crippen LogP contribution in [-0.4, -0.2) is 5.78 Å². The monoisotopic (exact) mass is 462 g/mol. The number of hydrogen-bond donors (Lipinski definition) is 0. The largest absolute Gasteiger partial charge is 0.287 e. The summed E-state index contributed by atoms with van der Waals surface area (Å²) in [6, 6.07) is 3.48. The third kappa shape index (κ3) is 2.62. The van der Waals surface area contributed by atoms with Gasteiger partial charge in [0.2, 0.25) is 5.78 Å². The number of carbonyl (C=O) groups is 1. The van der Waals surface area contributed by atoms with Crippen molar-refractivity contribution in [3.05, 3.63) is 39.0 Å². The summed E-state index contributed by atoms with van der Waals surface area (Å²) >= 11 is 18.7. The topological polar surface area (TPSA) is 17.1 Å². The SMILES string of the molecule is O=C(c1cc(Cl)c(Br)s1)c1cc(Br)c(Br)s1. The van der Waals surface area contributed by atoms with Crippen molar-refractivity contribution < 1.29 is 4.79 Å². The zero-order chi connectivity index (χ0) is 11.9. The highest BCUT2D eigenvalue weighted by molar-refractivity contribution is 9.13. The van der Waals surface area contributed by atoms with Gasteiger partial charge < -0.3 is 0 Å². The molecule has 2 heterocycles. The summed E-state index contributed by atoms with van der Waals surface area (Å²) in [4.78, 5) is 13.4. The molecule has 2 aromatic rings. The van der Waals surface area contributed by atoms with E-state index in [1.165, 1.54) is 22.7 Å². The van der Waals surface area contributed by atoms with Crippen molar-refractivity contribution in [1.82, 2.24) is 0 Å². The molecule has 0 N–H and O–H groups in total. The third-order valence-electron chi connectivity index (χ3n) is 1.74. The Labute approximate surface area is 130 Å². The van der Waals surface area contributed by atoms with E-state index in [-0.39, 0.29) is 5.78 Å². The lowest BCUT2D eigenvalue weighted by Gasteiger charge is -1.90. The van der Waals surface area contributed by atoms with Crippen molar-refractivity contribution in [1.29, 1.82) is 0 Å². The van der Waals surface area contributed by atoms with Gasteiger partial charge in [-0.3, -0.25) is 4.79 Å². The van der Waals surface area contributed by atoms with E-state index in [9.17, 15) is 4.79 Å². The van der Waals surface area contributed by atoms with E-state index in [0.29, 0.717) is 14.8 Å². The van der Waals surface area contributed by atoms with Gasteiger partial charge in [-0.15, -0.1) is 22.7 Å². The average molecular weight is 465 g/mol. The smallest absolute Gasteiger partial charge is 0.213 e. The van der Waals surface area contributed by atoms with Gasteiger partial charge in [0, 0.05) is 4.47 Å². The Balaban J connectivity index is 2.38. The predicted molar refractivity (Wildman–Crippen MR) is 80.2 cm³/mol. The molecule has 84 valence electrons. The van der Waals surface area contributed by atoms with Crippen molar-refractivity contribution >= 4 is 87.8 Å². The minimum atomic E-state index is -0.00556. The maximum atomic E-state index is 12.1. The van der Waals surface area contributed by atoms with Gasteiger partial charge in [-0.05, 0) is 59.9 Å². The highest BCUT2D eigenvalue weighted by Crippen LogP contribution is 2.37. The van der Waals surface area contributed by atoms with Crippen LogP contribution in [0.15, 0.2) is 24.2 Å². The van der Waals surface area contributed by atoms with Gasteiger partial charge in [-0.2, -0.15) is 0 Å². The Hall–Kier alpha value is 0.800. The Morgan fingerprint density at radius 1 is 1.06 bits per heavy atom. The van der Waals surface area contributed by atoms with Gasteiger partial charge in [-0.25, -0.2) is 0 Å². The Kier molecular flexibility index (Phi) is 4.30. The first-order valence-corrected chi connectivity index (χ1v) is 8.32. The molecule has 0 radical (unpaired) electrons. The fraction of sp³-hybridized carbons (Fsp3) is 0. The molecule has 0 saturated carbocycles. The number of ketones is 1. The second kappa shape index (κ2) is 5.20. The number of thiophene rings is 2. The molecule has 0 unspecified atom stereocenters. The number of rotatable bonds is 2. The van der Waals surface area contributed by atoms with Gasteiger partial charge in [0.1, 0.15) is 0 Å². The minimum absolute atomic E-state index is 0.00556. The van der Waals surface area contributed by atoms with E-state index < -0.39 is 0 Å². The summed E-state index contributed by atoms with van der Waals surface area (Å²) in [6.07, 6.45) is 0. The van der Waals surface area contributed by atoms with Crippen LogP contribution in [-0.2, 0) is 0 Å².